The molecule has 7 heteroatoms. The molecule has 2 N–H and O–H groups in total. The second kappa shape index (κ2) is 10.8. The number of halogens is 1. The van der Waals surface area contributed by atoms with Gasteiger partial charge in [-0.15, -0.1) is 0 Å². The summed E-state index contributed by atoms with van der Waals surface area (Å²) in [7, 11) is 0. The molecule has 0 atom stereocenters. The topological polar surface area (TPSA) is 84.0 Å². The minimum Gasteiger partial charge on any atom is -0.322 e. The number of hydrogen-bond donors (Lipinski definition) is 2. The summed E-state index contributed by atoms with van der Waals surface area (Å²) in [4.78, 5) is 34.5. The lowest BCUT2D eigenvalue weighted by Gasteiger charge is -2.10. The van der Waals surface area contributed by atoms with Crippen molar-refractivity contribution >= 4 is 34.8 Å². The molecule has 6 nitrogen and oxygen atoms in total. The van der Waals surface area contributed by atoms with E-state index in [-0.39, 0.29) is 28.0 Å². The fourth-order valence-electron chi connectivity index (χ4n) is 3.77. The first kappa shape index (κ1) is 23.9. The smallest absolute Gasteiger partial charge is 0.255 e. The highest BCUT2D eigenvalue weighted by atomic mass is 35.5. The van der Waals surface area contributed by atoms with Crippen molar-refractivity contribution in [1.82, 2.24) is 9.97 Å². The minimum atomic E-state index is -0.373. The van der Waals surface area contributed by atoms with Crippen LogP contribution in [-0.2, 0) is 0 Å². The summed E-state index contributed by atoms with van der Waals surface area (Å²) in [5, 5.41) is 5.98. The molecule has 0 radical (unpaired) electrons. The Kier molecular flexibility index (Phi) is 7.01. The zero-order valence-electron chi connectivity index (χ0n) is 19.6. The van der Waals surface area contributed by atoms with Gasteiger partial charge in [0.25, 0.3) is 11.8 Å². The van der Waals surface area contributed by atoms with E-state index in [4.69, 9.17) is 11.6 Å². The number of amides is 2. The van der Waals surface area contributed by atoms with E-state index in [0.29, 0.717) is 11.4 Å². The summed E-state index contributed by atoms with van der Waals surface area (Å²) >= 11 is 6.25. The van der Waals surface area contributed by atoms with Crippen LogP contribution in [0.4, 0.5) is 11.4 Å². The summed E-state index contributed by atoms with van der Waals surface area (Å²) in [6.07, 6.45) is 3.46. The summed E-state index contributed by atoms with van der Waals surface area (Å²) in [5.74, 6) is -0.747. The first-order valence-corrected chi connectivity index (χ1v) is 11.9. The number of aromatic nitrogens is 2. The minimum absolute atomic E-state index is 0.275. The normalized spacial score (nSPS) is 10.5. The predicted octanol–water partition coefficient (Wildman–Crippen LogP) is 6.97. The molecule has 0 fully saturated rings. The molecule has 5 aromatic rings. The van der Waals surface area contributed by atoms with E-state index >= 15 is 0 Å². The van der Waals surface area contributed by atoms with Gasteiger partial charge in [-0.2, -0.15) is 0 Å². The lowest BCUT2D eigenvalue weighted by atomic mass is 10.1. The second-order valence-corrected chi connectivity index (χ2v) is 8.66. The molecule has 0 aliphatic carbocycles. The Morgan fingerprint density at radius 3 is 1.38 bits per heavy atom. The Labute approximate surface area is 219 Å². The van der Waals surface area contributed by atoms with Crippen LogP contribution in [0.15, 0.2) is 116 Å². The fourth-order valence-corrected chi connectivity index (χ4v) is 4.01. The van der Waals surface area contributed by atoms with Gasteiger partial charge in [-0.1, -0.05) is 48.0 Å². The first-order valence-electron chi connectivity index (χ1n) is 11.5. The van der Waals surface area contributed by atoms with Crippen LogP contribution in [-0.4, -0.2) is 21.8 Å². The molecule has 0 saturated heterocycles. The zero-order chi connectivity index (χ0) is 25.6. The molecule has 3 aromatic carbocycles. The Morgan fingerprint density at radius 2 is 1.00 bits per heavy atom. The van der Waals surface area contributed by atoms with Gasteiger partial charge >= 0.3 is 0 Å². The highest BCUT2D eigenvalue weighted by Gasteiger charge is 2.14. The number of carbonyl (C=O) groups is 2. The summed E-state index contributed by atoms with van der Waals surface area (Å²) in [6, 6.07) is 30.7. The van der Waals surface area contributed by atoms with E-state index in [9.17, 15) is 9.59 Å². The van der Waals surface area contributed by atoms with Gasteiger partial charge in [0.15, 0.2) is 0 Å². The number of rotatable bonds is 6. The first-order chi connectivity index (χ1) is 18.0. The van der Waals surface area contributed by atoms with E-state index < -0.39 is 0 Å². The number of pyridine rings is 2. The van der Waals surface area contributed by atoms with Crippen molar-refractivity contribution in [1.29, 1.82) is 0 Å². The summed E-state index contributed by atoms with van der Waals surface area (Å²) in [6.45, 7) is 0. The lowest BCUT2D eigenvalue weighted by molar-refractivity contribution is 0.102. The SMILES string of the molecule is O=C(Nc1ccc(-c2ccccn2)cc1)c1cc(Cl)cc(C(=O)Nc2ccc(-c3ccccn3)cc2)c1. The van der Waals surface area contributed by atoms with Gasteiger partial charge in [0.1, 0.15) is 0 Å². The van der Waals surface area contributed by atoms with Crippen LogP contribution >= 0.6 is 11.6 Å². The van der Waals surface area contributed by atoms with Crippen LogP contribution in [0.2, 0.25) is 5.02 Å². The van der Waals surface area contributed by atoms with Crippen molar-refractivity contribution in [2.45, 2.75) is 0 Å². The van der Waals surface area contributed by atoms with E-state index in [0.717, 1.165) is 22.5 Å². The third-order valence-corrected chi connectivity index (χ3v) is 5.85. The van der Waals surface area contributed by atoms with E-state index in [1.54, 1.807) is 36.7 Å². The van der Waals surface area contributed by atoms with E-state index in [1.165, 1.54) is 18.2 Å². The number of carbonyl (C=O) groups excluding carboxylic acids is 2. The van der Waals surface area contributed by atoms with E-state index in [1.807, 2.05) is 60.7 Å². The van der Waals surface area contributed by atoms with Gasteiger partial charge < -0.3 is 10.6 Å². The lowest BCUT2D eigenvalue weighted by Crippen LogP contribution is -2.15. The molecule has 0 aliphatic heterocycles. The molecule has 0 spiro atoms. The molecule has 0 unspecified atom stereocenters. The predicted molar refractivity (Wildman–Crippen MR) is 147 cm³/mol. The molecule has 37 heavy (non-hydrogen) atoms. The molecule has 0 saturated carbocycles. The van der Waals surface area contributed by atoms with Gasteiger partial charge in [0.05, 0.1) is 11.4 Å². The monoisotopic (exact) mass is 504 g/mol. The number of anilines is 2. The highest BCUT2D eigenvalue weighted by molar-refractivity contribution is 6.31. The van der Waals surface area contributed by atoms with Crippen LogP contribution in [0.25, 0.3) is 22.5 Å². The van der Waals surface area contributed by atoms with Gasteiger partial charge in [0, 0.05) is 51.0 Å². The van der Waals surface area contributed by atoms with Crippen LogP contribution in [0.5, 0.6) is 0 Å². The Bertz CT molecular complexity index is 1420. The standard InChI is InChI=1S/C30H21ClN4O2/c31-24-18-22(29(36)34-25-11-7-20(8-12-25)27-5-1-3-15-32-27)17-23(19-24)30(37)35-26-13-9-21(10-14-26)28-6-2-4-16-33-28/h1-19H,(H,34,36)(H,35,37). The quantitative estimate of drug-likeness (QED) is 0.261. The molecule has 2 heterocycles. The molecule has 0 aliphatic rings. The number of benzene rings is 3. The van der Waals surface area contributed by atoms with E-state index in [2.05, 4.69) is 20.6 Å². The van der Waals surface area contributed by atoms with Crippen LogP contribution < -0.4 is 10.6 Å². The molecule has 180 valence electrons. The third-order valence-electron chi connectivity index (χ3n) is 5.63. The maximum atomic E-state index is 12.9. The number of nitrogens with zero attached hydrogens (tertiary/aromatic N) is 2. The maximum absolute atomic E-state index is 12.9. The van der Waals surface area contributed by atoms with Crippen molar-refractivity contribution < 1.29 is 9.59 Å². The average Bonchev–Trinajstić information content (AvgIpc) is 2.94. The second-order valence-electron chi connectivity index (χ2n) is 8.22. The van der Waals surface area contributed by atoms with Gasteiger partial charge in [-0.3, -0.25) is 19.6 Å². The van der Waals surface area contributed by atoms with Crippen LogP contribution in [0.1, 0.15) is 20.7 Å². The Hall–Kier alpha value is -4.81. The molecular formula is C30H21ClN4O2. The Balaban J connectivity index is 1.27. The van der Waals surface area contributed by atoms with Crippen LogP contribution in [0, 0.1) is 0 Å². The van der Waals surface area contributed by atoms with Crippen molar-refractivity contribution in [3.05, 3.63) is 132 Å². The largest absolute Gasteiger partial charge is 0.322 e. The van der Waals surface area contributed by atoms with Crippen LogP contribution in [0.3, 0.4) is 0 Å². The van der Waals surface area contributed by atoms with Gasteiger partial charge in [0.2, 0.25) is 0 Å². The molecule has 0 bridgehead atoms. The average molecular weight is 505 g/mol. The molecule has 5 rings (SSSR count). The number of nitrogens with one attached hydrogen (secondary N) is 2. The van der Waals surface area contributed by atoms with Crippen molar-refractivity contribution in [3.8, 4) is 22.5 Å². The molecule has 2 aromatic heterocycles. The molecule has 2 amide bonds. The zero-order valence-corrected chi connectivity index (χ0v) is 20.3. The van der Waals surface area contributed by atoms with Crippen molar-refractivity contribution in [2.75, 3.05) is 10.6 Å². The third kappa shape index (κ3) is 5.89. The fraction of sp³-hybridized carbons (Fsp3) is 0. The van der Waals surface area contributed by atoms with Crippen molar-refractivity contribution in [3.63, 3.8) is 0 Å². The maximum Gasteiger partial charge on any atom is 0.255 e. The summed E-state index contributed by atoms with van der Waals surface area (Å²) in [5.41, 5.74) is 5.34. The number of hydrogen-bond acceptors (Lipinski definition) is 4. The Morgan fingerprint density at radius 1 is 0.568 bits per heavy atom. The van der Waals surface area contributed by atoms with Gasteiger partial charge in [-0.05, 0) is 66.7 Å². The molecular weight excluding hydrogens is 484 g/mol. The highest BCUT2D eigenvalue weighted by Crippen LogP contribution is 2.23. The van der Waals surface area contributed by atoms with Gasteiger partial charge in [-0.25, -0.2) is 0 Å². The van der Waals surface area contributed by atoms with Crippen molar-refractivity contribution in [2.24, 2.45) is 0 Å². The summed E-state index contributed by atoms with van der Waals surface area (Å²) < 4.78 is 0.